The molecule has 1 atom stereocenters. The van der Waals surface area contributed by atoms with Gasteiger partial charge in [-0.3, -0.25) is 4.79 Å². The zero-order valence-electron chi connectivity index (χ0n) is 10.8. The van der Waals surface area contributed by atoms with Crippen molar-refractivity contribution >= 4 is 46.6 Å². The summed E-state index contributed by atoms with van der Waals surface area (Å²) in [4.78, 5) is 12.1. The molecule has 0 aliphatic rings. The van der Waals surface area contributed by atoms with Crippen LogP contribution in [0.3, 0.4) is 0 Å². The lowest BCUT2D eigenvalue weighted by Crippen LogP contribution is -2.23. The Balaban J connectivity index is 2.04. The molecule has 0 saturated heterocycles. The molecule has 2 rings (SSSR count). The van der Waals surface area contributed by atoms with Gasteiger partial charge < -0.3 is 9.88 Å². The van der Waals surface area contributed by atoms with Crippen LogP contribution in [-0.2, 0) is 11.8 Å². The van der Waals surface area contributed by atoms with Crippen LogP contribution >= 0.6 is 35.0 Å². The first-order valence-electron chi connectivity index (χ1n) is 5.74. The first kappa shape index (κ1) is 15.2. The highest BCUT2D eigenvalue weighted by molar-refractivity contribution is 8.00. The number of halogens is 2. The number of thioether (sulfide) groups is 1. The lowest BCUT2D eigenvalue weighted by Gasteiger charge is -2.12. The minimum Gasteiger partial charge on any atom is -0.324 e. The molecular formula is C12H12Cl2N4OS. The second kappa shape index (κ2) is 6.47. The van der Waals surface area contributed by atoms with Crippen molar-refractivity contribution in [3.8, 4) is 0 Å². The maximum absolute atomic E-state index is 12.1. The third kappa shape index (κ3) is 3.45. The summed E-state index contributed by atoms with van der Waals surface area (Å²) < 4.78 is 1.75. The monoisotopic (exact) mass is 330 g/mol. The molecule has 1 N–H and O–H groups in total. The predicted octanol–water partition coefficient (Wildman–Crippen LogP) is 3.24. The molecule has 0 radical (unpaired) electrons. The molecule has 0 saturated carbocycles. The van der Waals surface area contributed by atoms with Crippen LogP contribution in [0.5, 0.6) is 0 Å². The van der Waals surface area contributed by atoms with Gasteiger partial charge in [-0.1, -0.05) is 41.0 Å². The van der Waals surface area contributed by atoms with Crippen molar-refractivity contribution in [2.75, 3.05) is 5.32 Å². The Morgan fingerprint density at radius 3 is 2.85 bits per heavy atom. The normalized spacial score (nSPS) is 12.2. The van der Waals surface area contributed by atoms with Gasteiger partial charge in [0, 0.05) is 7.05 Å². The number of hydrogen-bond acceptors (Lipinski definition) is 4. The molecule has 1 unspecified atom stereocenters. The van der Waals surface area contributed by atoms with Crippen molar-refractivity contribution in [3.63, 3.8) is 0 Å². The molecule has 0 bridgehead atoms. The van der Waals surface area contributed by atoms with Gasteiger partial charge in [-0.05, 0) is 19.1 Å². The van der Waals surface area contributed by atoms with E-state index in [1.165, 1.54) is 11.8 Å². The first-order chi connectivity index (χ1) is 9.49. The smallest absolute Gasteiger partial charge is 0.237 e. The summed E-state index contributed by atoms with van der Waals surface area (Å²) in [6.45, 7) is 1.78. The van der Waals surface area contributed by atoms with E-state index in [4.69, 9.17) is 23.2 Å². The SMILES string of the molecule is CC(Sc1nncn1C)C(=O)Nc1cccc(Cl)c1Cl. The van der Waals surface area contributed by atoms with Gasteiger partial charge in [-0.25, -0.2) is 0 Å². The second-order valence-electron chi connectivity index (χ2n) is 4.08. The quantitative estimate of drug-likeness (QED) is 0.874. The van der Waals surface area contributed by atoms with Crippen LogP contribution in [0.2, 0.25) is 10.0 Å². The van der Waals surface area contributed by atoms with Crippen LogP contribution in [0.1, 0.15) is 6.92 Å². The average Bonchev–Trinajstić information content (AvgIpc) is 2.80. The highest BCUT2D eigenvalue weighted by Crippen LogP contribution is 2.30. The largest absolute Gasteiger partial charge is 0.324 e. The van der Waals surface area contributed by atoms with Crippen LogP contribution in [0, 0.1) is 0 Å². The van der Waals surface area contributed by atoms with Gasteiger partial charge in [-0.2, -0.15) is 0 Å². The van der Waals surface area contributed by atoms with E-state index in [9.17, 15) is 4.79 Å². The molecule has 1 amide bonds. The lowest BCUT2D eigenvalue weighted by atomic mass is 10.3. The fourth-order valence-corrected chi connectivity index (χ4v) is 2.56. The van der Waals surface area contributed by atoms with Gasteiger partial charge in [0.25, 0.3) is 0 Å². The molecule has 1 heterocycles. The molecule has 0 spiro atoms. The van der Waals surface area contributed by atoms with Gasteiger partial charge in [0.05, 0.1) is 21.0 Å². The minimum absolute atomic E-state index is 0.179. The lowest BCUT2D eigenvalue weighted by molar-refractivity contribution is -0.115. The zero-order valence-corrected chi connectivity index (χ0v) is 13.1. The maximum atomic E-state index is 12.1. The zero-order chi connectivity index (χ0) is 14.7. The van der Waals surface area contributed by atoms with Crippen molar-refractivity contribution in [2.45, 2.75) is 17.3 Å². The Kier molecular flexibility index (Phi) is 4.91. The van der Waals surface area contributed by atoms with Crippen molar-refractivity contribution < 1.29 is 4.79 Å². The maximum Gasteiger partial charge on any atom is 0.237 e. The van der Waals surface area contributed by atoms with Crippen LogP contribution < -0.4 is 5.32 Å². The molecule has 2 aromatic rings. The number of hydrogen-bond donors (Lipinski definition) is 1. The summed E-state index contributed by atoms with van der Waals surface area (Å²) in [5.74, 6) is -0.179. The van der Waals surface area contributed by atoms with E-state index in [0.717, 1.165) is 0 Å². The Morgan fingerprint density at radius 1 is 1.45 bits per heavy atom. The van der Waals surface area contributed by atoms with Crippen LogP contribution in [0.4, 0.5) is 5.69 Å². The van der Waals surface area contributed by atoms with Crippen molar-refractivity contribution in [1.29, 1.82) is 0 Å². The van der Waals surface area contributed by atoms with E-state index in [0.29, 0.717) is 20.9 Å². The van der Waals surface area contributed by atoms with Gasteiger partial charge in [0.15, 0.2) is 5.16 Å². The molecule has 5 nitrogen and oxygen atoms in total. The molecule has 1 aromatic carbocycles. The van der Waals surface area contributed by atoms with E-state index in [1.54, 1.807) is 36.0 Å². The van der Waals surface area contributed by atoms with Gasteiger partial charge in [-0.15, -0.1) is 10.2 Å². The van der Waals surface area contributed by atoms with E-state index < -0.39 is 0 Å². The summed E-state index contributed by atoms with van der Waals surface area (Å²) >= 11 is 13.2. The van der Waals surface area contributed by atoms with Crippen LogP contribution in [0.15, 0.2) is 29.7 Å². The van der Waals surface area contributed by atoms with Gasteiger partial charge in [0.1, 0.15) is 6.33 Å². The summed E-state index contributed by atoms with van der Waals surface area (Å²) in [6, 6.07) is 5.09. The van der Waals surface area contributed by atoms with E-state index in [1.807, 2.05) is 7.05 Å². The van der Waals surface area contributed by atoms with Gasteiger partial charge in [0.2, 0.25) is 5.91 Å². The summed E-state index contributed by atoms with van der Waals surface area (Å²) in [5, 5.41) is 11.5. The summed E-state index contributed by atoms with van der Waals surface area (Å²) in [7, 11) is 1.82. The number of aryl methyl sites for hydroxylation is 1. The molecule has 0 aliphatic carbocycles. The third-order valence-corrected chi connectivity index (χ3v) is 4.50. The summed E-state index contributed by atoms with van der Waals surface area (Å²) in [6.07, 6.45) is 1.58. The Morgan fingerprint density at radius 2 is 2.20 bits per heavy atom. The Bertz CT molecular complexity index is 632. The number of anilines is 1. The molecule has 0 fully saturated rings. The molecule has 8 heteroatoms. The van der Waals surface area contributed by atoms with E-state index in [2.05, 4.69) is 15.5 Å². The molecular weight excluding hydrogens is 319 g/mol. The number of benzene rings is 1. The predicted molar refractivity (Wildman–Crippen MR) is 81.4 cm³/mol. The number of nitrogens with one attached hydrogen (secondary N) is 1. The summed E-state index contributed by atoms with van der Waals surface area (Å²) in [5.41, 5.74) is 0.495. The second-order valence-corrected chi connectivity index (χ2v) is 6.17. The highest BCUT2D eigenvalue weighted by Gasteiger charge is 2.18. The van der Waals surface area contributed by atoms with Crippen LogP contribution in [-0.4, -0.2) is 25.9 Å². The molecule has 20 heavy (non-hydrogen) atoms. The fraction of sp³-hybridized carbons (Fsp3) is 0.250. The first-order valence-corrected chi connectivity index (χ1v) is 7.38. The van der Waals surface area contributed by atoms with Crippen molar-refractivity contribution in [2.24, 2.45) is 7.05 Å². The minimum atomic E-state index is -0.340. The number of aromatic nitrogens is 3. The number of carbonyl (C=O) groups is 1. The number of carbonyl (C=O) groups excluding carboxylic acids is 1. The van der Waals surface area contributed by atoms with Crippen molar-refractivity contribution in [3.05, 3.63) is 34.6 Å². The number of rotatable bonds is 4. The topological polar surface area (TPSA) is 59.8 Å². The number of amides is 1. The molecule has 0 aliphatic heterocycles. The van der Waals surface area contributed by atoms with E-state index >= 15 is 0 Å². The fourth-order valence-electron chi connectivity index (χ4n) is 1.43. The van der Waals surface area contributed by atoms with Crippen molar-refractivity contribution in [1.82, 2.24) is 14.8 Å². The Labute approximate surface area is 130 Å². The molecule has 106 valence electrons. The average molecular weight is 331 g/mol. The highest BCUT2D eigenvalue weighted by atomic mass is 35.5. The molecule has 1 aromatic heterocycles. The third-order valence-electron chi connectivity index (χ3n) is 2.53. The standard InChI is InChI=1S/C12H12Cl2N4OS/c1-7(20-12-17-15-6-18(12)2)11(19)16-9-5-3-4-8(13)10(9)14/h3-7H,1-2H3,(H,16,19). The van der Waals surface area contributed by atoms with Crippen LogP contribution in [0.25, 0.3) is 0 Å². The Hall–Kier alpha value is -1.24. The number of nitrogens with zero attached hydrogens (tertiary/aromatic N) is 3. The van der Waals surface area contributed by atoms with E-state index in [-0.39, 0.29) is 11.2 Å². The van der Waals surface area contributed by atoms with Gasteiger partial charge >= 0.3 is 0 Å².